The average Bonchev–Trinajstić information content (AvgIpc) is 3.08. The summed E-state index contributed by atoms with van der Waals surface area (Å²) in [5.74, 6) is -2.27. The third kappa shape index (κ3) is 2.92. The standard InChI is InChI=1S/C20H4Cl8O5/c21-5-1-3-17(13(27)15(5)29)32-18-4(2-6(22)16(30)14(18)28)20(3)8-7(19(31)33-20)9(23)11(25)12(26)10(8)24/h1-2,29-30H. The number of fused-ring (bicyclic) bond motifs is 6. The van der Waals surface area contributed by atoms with Crippen molar-refractivity contribution < 1.29 is 24.5 Å². The zero-order chi connectivity index (χ0) is 24.1. The first kappa shape index (κ1) is 23.6. The number of ether oxygens (including phenoxy) is 2. The Morgan fingerprint density at radius 1 is 0.667 bits per heavy atom. The van der Waals surface area contributed by atoms with E-state index in [1.807, 2.05) is 0 Å². The molecule has 2 N–H and O–H groups in total. The predicted octanol–water partition coefficient (Wildman–Crippen LogP) is 8.89. The molecule has 170 valence electrons. The minimum absolute atomic E-state index is 0.00462. The zero-order valence-corrected chi connectivity index (χ0v) is 21.3. The van der Waals surface area contributed by atoms with Crippen LogP contribution >= 0.6 is 92.8 Å². The number of benzene rings is 3. The molecule has 13 heteroatoms. The normalized spacial score (nSPS) is 15.1. The molecular weight excluding hydrogens is 604 g/mol. The van der Waals surface area contributed by atoms with Crippen LogP contribution in [0.3, 0.4) is 0 Å². The van der Waals surface area contributed by atoms with E-state index in [0.29, 0.717) is 0 Å². The van der Waals surface area contributed by atoms with E-state index in [1.54, 1.807) is 0 Å². The Kier molecular flexibility index (Phi) is 5.48. The molecule has 3 aromatic rings. The molecule has 0 fully saturated rings. The van der Waals surface area contributed by atoms with E-state index in [9.17, 15) is 15.0 Å². The first-order valence-electron chi connectivity index (χ1n) is 8.63. The summed E-state index contributed by atoms with van der Waals surface area (Å²) in [4.78, 5) is 13.1. The number of esters is 1. The Balaban J connectivity index is 2.05. The lowest BCUT2D eigenvalue weighted by Crippen LogP contribution is -2.33. The quantitative estimate of drug-likeness (QED) is 0.152. The average molecular weight is 608 g/mol. The first-order chi connectivity index (χ1) is 15.4. The number of aromatic hydroxyl groups is 2. The van der Waals surface area contributed by atoms with Crippen LogP contribution in [0.25, 0.3) is 0 Å². The molecule has 0 aromatic heterocycles. The molecule has 2 aliphatic heterocycles. The lowest BCUT2D eigenvalue weighted by molar-refractivity contribution is 0.0224. The summed E-state index contributed by atoms with van der Waals surface area (Å²) < 4.78 is 11.7. The number of phenolic OH excluding ortho intramolecular Hbond substituents is 2. The lowest BCUT2D eigenvalue weighted by Gasteiger charge is -2.38. The molecule has 2 aliphatic rings. The van der Waals surface area contributed by atoms with Crippen LogP contribution in [0.5, 0.6) is 23.0 Å². The van der Waals surface area contributed by atoms with Gasteiger partial charge in [-0.25, -0.2) is 4.79 Å². The van der Waals surface area contributed by atoms with E-state index in [2.05, 4.69) is 0 Å². The van der Waals surface area contributed by atoms with Crippen LogP contribution in [0.1, 0.15) is 27.0 Å². The highest BCUT2D eigenvalue weighted by molar-refractivity contribution is 6.53. The zero-order valence-electron chi connectivity index (χ0n) is 15.3. The summed E-state index contributed by atoms with van der Waals surface area (Å²) in [5, 5.41) is 18.9. The van der Waals surface area contributed by atoms with Crippen LogP contribution in [-0.4, -0.2) is 16.2 Å². The second-order valence-corrected chi connectivity index (χ2v) is 10.1. The Morgan fingerprint density at radius 2 is 1.12 bits per heavy atom. The molecule has 2 heterocycles. The largest absolute Gasteiger partial charge is 0.505 e. The molecule has 5 nitrogen and oxygen atoms in total. The number of halogens is 8. The molecule has 0 unspecified atom stereocenters. The van der Waals surface area contributed by atoms with Gasteiger partial charge in [0.05, 0.1) is 46.8 Å². The molecule has 0 bridgehead atoms. The van der Waals surface area contributed by atoms with Crippen molar-refractivity contribution in [2.24, 2.45) is 0 Å². The molecule has 0 atom stereocenters. The molecule has 0 saturated carbocycles. The predicted molar refractivity (Wildman–Crippen MR) is 128 cm³/mol. The van der Waals surface area contributed by atoms with Crippen LogP contribution in [0.15, 0.2) is 12.1 Å². The summed E-state index contributed by atoms with van der Waals surface area (Å²) in [6, 6.07) is 2.54. The number of rotatable bonds is 0. The third-order valence-electron chi connectivity index (χ3n) is 5.33. The van der Waals surface area contributed by atoms with E-state index >= 15 is 0 Å². The number of carbonyl (C=O) groups excluding carboxylic acids is 1. The van der Waals surface area contributed by atoms with E-state index in [-0.39, 0.29) is 73.9 Å². The van der Waals surface area contributed by atoms with Crippen LogP contribution in [0, 0.1) is 0 Å². The molecule has 3 aromatic carbocycles. The maximum atomic E-state index is 13.1. The molecule has 0 amide bonds. The van der Waals surface area contributed by atoms with Gasteiger partial charge in [-0.2, -0.15) is 0 Å². The van der Waals surface area contributed by atoms with Crippen molar-refractivity contribution >= 4 is 98.8 Å². The molecule has 0 aliphatic carbocycles. The van der Waals surface area contributed by atoms with Crippen LogP contribution in [-0.2, 0) is 10.3 Å². The van der Waals surface area contributed by atoms with Crippen molar-refractivity contribution in [1.29, 1.82) is 0 Å². The highest BCUT2D eigenvalue weighted by Gasteiger charge is 2.58. The highest BCUT2D eigenvalue weighted by atomic mass is 35.5. The summed E-state index contributed by atoms with van der Waals surface area (Å²) in [7, 11) is 0. The van der Waals surface area contributed by atoms with Gasteiger partial charge in [-0.3, -0.25) is 0 Å². The van der Waals surface area contributed by atoms with Crippen LogP contribution < -0.4 is 4.74 Å². The van der Waals surface area contributed by atoms with Gasteiger partial charge >= 0.3 is 5.97 Å². The van der Waals surface area contributed by atoms with Crippen LogP contribution in [0.4, 0.5) is 0 Å². The summed E-state index contributed by atoms with van der Waals surface area (Å²) >= 11 is 50.4. The lowest BCUT2D eigenvalue weighted by atomic mass is 9.77. The molecular formula is C20H4Cl8O5. The van der Waals surface area contributed by atoms with E-state index in [0.717, 1.165) is 0 Å². The van der Waals surface area contributed by atoms with Gasteiger partial charge in [-0.15, -0.1) is 0 Å². The second kappa shape index (κ2) is 7.67. The topological polar surface area (TPSA) is 76.0 Å². The van der Waals surface area contributed by atoms with Crippen molar-refractivity contribution in [2.75, 3.05) is 0 Å². The monoisotopic (exact) mass is 604 g/mol. The fraction of sp³-hybridized carbons (Fsp3) is 0.0500. The van der Waals surface area contributed by atoms with Crippen molar-refractivity contribution in [2.45, 2.75) is 5.60 Å². The van der Waals surface area contributed by atoms with Gasteiger partial charge in [0.25, 0.3) is 0 Å². The van der Waals surface area contributed by atoms with Crippen molar-refractivity contribution in [3.05, 3.63) is 74.6 Å². The van der Waals surface area contributed by atoms with Gasteiger partial charge < -0.3 is 19.7 Å². The first-order valence-corrected chi connectivity index (χ1v) is 11.7. The highest BCUT2D eigenvalue weighted by Crippen LogP contribution is 2.65. The van der Waals surface area contributed by atoms with Crippen molar-refractivity contribution in [1.82, 2.24) is 0 Å². The fourth-order valence-electron chi connectivity index (χ4n) is 3.93. The number of carbonyl (C=O) groups is 1. The summed E-state index contributed by atoms with van der Waals surface area (Å²) in [6.07, 6.45) is 0. The fourth-order valence-corrected chi connectivity index (χ4v) is 5.98. The number of hydrogen-bond acceptors (Lipinski definition) is 5. The Hall–Kier alpha value is -1.15. The minimum Gasteiger partial charge on any atom is -0.505 e. The van der Waals surface area contributed by atoms with E-state index in [4.69, 9.17) is 102 Å². The maximum absolute atomic E-state index is 13.1. The Morgan fingerprint density at radius 3 is 1.61 bits per heavy atom. The van der Waals surface area contributed by atoms with Gasteiger partial charge in [0.1, 0.15) is 10.0 Å². The molecule has 0 saturated heterocycles. The van der Waals surface area contributed by atoms with Gasteiger partial charge in [-0.05, 0) is 12.1 Å². The smallest absolute Gasteiger partial charge is 0.341 e. The second-order valence-electron chi connectivity index (χ2n) is 6.97. The number of hydrogen-bond donors (Lipinski definition) is 2. The van der Waals surface area contributed by atoms with E-state index in [1.165, 1.54) is 12.1 Å². The van der Waals surface area contributed by atoms with Gasteiger partial charge in [0.2, 0.25) is 0 Å². The number of phenols is 2. The maximum Gasteiger partial charge on any atom is 0.341 e. The Labute approximate surface area is 225 Å². The minimum atomic E-state index is -1.94. The molecule has 0 radical (unpaired) electrons. The van der Waals surface area contributed by atoms with Gasteiger partial charge in [0.15, 0.2) is 28.6 Å². The Bertz CT molecular complexity index is 1390. The van der Waals surface area contributed by atoms with Crippen LogP contribution in [0.2, 0.25) is 40.2 Å². The summed E-state index contributed by atoms with van der Waals surface area (Å²) in [5.41, 5.74) is -2.00. The molecule has 1 spiro atoms. The SMILES string of the molecule is O=C1OC2(c3cc(Cl)c(O)c(Cl)c3Oc3c2cc(Cl)c(O)c3Cl)c2c(Cl)c(Cl)c(Cl)c(Cl)c21. The van der Waals surface area contributed by atoms with Gasteiger partial charge in [0, 0.05) is 5.56 Å². The van der Waals surface area contributed by atoms with Crippen molar-refractivity contribution in [3.63, 3.8) is 0 Å². The molecule has 5 rings (SSSR count). The van der Waals surface area contributed by atoms with Gasteiger partial charge in [-0.1, -0.05) is 92.8 Å². The molecule has 33 heavy (non-hydrogen) atoms. The third-order valence-corrected chi connectivity index (χ3v) is 8.41. The van der Waals surface area contributed by atoms with Crippen molar-refractivity contribution in [3.8, 4) is 23.0 Å². The summed E-state index contributed by atoms with van der Waals surface area (Å²) in [6.45, 7) is 0. The van der Waals surface area contributed by atoms with E-state index < -0.39 is 23.1 Å².